The molecule has 0 spiro atoms. The lowest BCUT2D eigenvalue weighted by atomic mass is 9.99. The fourth-order valence-corrected chi connectivity index (χ4v) is 4.88. The number of carboxylic acids is 1. The molecule has 49 heavy (non-hydrogen) atoms. The second-order valence-electron chi connectivity index (χ2n) is 11.1. The predicted octanol–water partition coefficient (Wildman–Crippen LogP) is 7.45. The lowest BCUT2D eigenvalue weighted by Gasteiger charge is -2.25. The Bertz CT molecular complexity index is 1710. The van der Waals surface area contributed by atoms with Gasteiger partial charge in [0.05, 0.1) is 41.4 Å². The summed E-state index contributed by atoms with van der Waals surface area (Å²) in [6.07, 6.45) is -11.2. The van der Waals surface area contributed by atoms with Crippen molar-refractivity contribution in [2.75, 3.05) is 18.1 Å². The van der Waals surface area contributed by atoms with E-state index in [2.05, 4.69) is 15.0 Å². The van der Waals surface area contributed by atoms with E-state index in [1.54, 1.807) is 19.1 Å². The molecule has 0 bridgehead atoms. The quantitative estimate of drug-likeness (QED) is 0.106. The Balaban J connectivity index is 1.67. The summed E-state index contributed by atoms with van der Waals surface area (Å²) >= 11 is 0. The molecule has 262 valence electrons. The van der Waals surface area contributed by atoms with Crippen LogP contribution in [0, 0.1) is 6.92 Å². The van der Waals surface area contributed by atoms with Gasteiger partial charge < -0.3 is 19.5 Å². The first-order valence-corrected chi connectivity index (χ1v) is 14.7. The van der Waals surface area contributed by atoms with Gasteiger partial charge in [-0.1, -0.05) is 6.07 Å². The van der Waals surface area contributed by atoms with Gasteiger partial charge in [0.25, 0.3) is 0 Å². The molecular weight excluding hydrogens is 671 g/mol. The first-order valence-electron chi connectivity index (χ1n) is 14.7. The molecule has 7 nitrogen and oxygen atoms in total. The van der Waals surface area contributed by atoms with Crippen LogP contribution < -0.4 is 14.7 Å². The van der Waals surface area contributed by atoms with Gasteiger partial charge in [0.1, 0.15) is 0 Å². The van der Waals surface area contributed by atoms with E-state index in [1.807, 2.05) is 0 Å². The van der Waals surface area contributed by atoms with E-state index >= 15 is 0 Å². The molecule has 0 atom stereocenters. The van der Waals surface area contributed by atoms with Crippen LogP contribution in [-0.2, 0) is 36.3 Å². The standard InChI is InChI=1S/C33H29F9N4O3/c1-20-8-9-43-28(12-20)27-7-6-23(31(34,35)36)15-22(27)19-46(30-44-17-26(18-45-30)49-11-3-5-29(47)48)10-2-4-21-13-24(32(37,38)39)16-25(14-21)33(40,41)42/h6-9,12-18H,2-5,10-11,19H2,1H3,(H,47,48)/p-1. The zero-order valence-corrected chi connectivity index (χ0v) is 25.7. The van der Waals surface area contributed by atoms with Crippen LogP contribution in [-0.4, -0.2) is 34.1 Å². The van der Waals surface area contributed by atoms with Crippen LogP contribution in [0.5, 0.6) is 5.75 Å². The van der Waals surface area contributed by atoms with Gasteiger partial charge in [0.2, 0.25) is 5.95 Å². The molecule has 0 radical (unpaired) electrons. The van der Waals surface area contributed by atoms with E-state index in [4.69, 9.17) is 4.74 Å². The fourth-order valence-electron chi connectivity index (χ4n) is 4.88. The number of aromatic nitrogens is 3. The maximum atomic E-state index is 13.8. The zero-order chi connectivity index (χ0) is 36.0. The molecule has 2 heterocycles. The third kappa shape index (κ3) is 10.5. The van der Waals surface area contributed by atoms with Gasteiger partial charge >= 0.3 is 18.5 Å². The van der Waals surface area contributed by atoms with Crippen LogP contribution in [0.1, 0.15) is 52.6 Å². The van der Waals surface area contributed by atoms with E-state index in [0.717, 1.165) is 17.7 Å². The topological polar surface area (TPSA) is 91.3 Å². The summed E-state index contributed by atoms with van der Waals surface area (Å²) in [7, 11) is 0. The van der Waals surface area contributed by atoms with Crippen molar-refractivity contribution in [3.63, 3.8) is 0 Å². The number of hydrogen-bond acceptors (Lipinski definition) is 7. The Morgan fingerprint density at radius 3 is 2.00 bits per heavy atom. The van der Waals surface area contributed by atoms with E-state index < -0.39 is 41.2 Å². The second-order valence-corrected chi connectivity index (χ2v) is 11.1. The highest BCUT2D eigenvalue weighted by atomic mass is 19.4. The number of carbonyl (C=O) groups excluding carboxylic acids is 1. The van der Waals surface area contributed by atoms with Crippen molar-refractivity contribution < 1.29 is 54.2 Å². The highest BCUT2D eigenvalue weighted by molar-refractivity contribution is 5.66. The van der Waals surface area contributed by atoms with Gasteiger partial charge in [-0.05, 0) is 91.8 Å². The van der Waals surface area contributed by atoms with Crippen LogP contribution in [0.3, 0.4) is 0 Å². The average Bonchev–Trinajstić information content (AvgIpc) is 3.01. The monoisotopic (exact) mass is 699 g/mol. The molecule has 0 fully saturated rings. The van der Waals surface area contributed by atoms with Crippen LogP contribution >= 0.6 is 0 Å². The number of alkyl halides is 9. The summed E-state index contributed by atoms with van der Waals surface area (Å²) in [5.41, 5.74) is -2.48. The molecule has 0 aliphatic carbocycles. The number of hydrogen-bond donors (Lipinski definition) is 0. The Hall–Kier alpha value is -4.89. The molecule has 0 aliphatic rings. The number of aliphatic carboxylic acids is 1. The third-order valence-electron chi connectivity index (χ3n) is 7.22. The predicted molar refractivity (Wildman–Crippen MR) is 157 cm³/mol. The number of pyridine rings is 1. The number of ether oxygens (including phenoxy) is 1. The number of rotatable bonds is 13. The van der Waals surface area contributed by atoms with Gasteiger partial charge in [-0.25, -0.2) is 9.97 Å². The Labute approximate surface area is 274 Å². The Kier molecular flexibility index (Phi) is 11.4. The van der Waals surface area contributed by atoms with Gasteiger partial charge in [0, 0.05) is 30.8 Å². The molecule has 0 aliphatic heterocycles. The number of aryl methyl sites for hydroxylation is 2. The summed E-state index contributed by atoms with van der Waals surface area (Å²) in [5, 5.41) is 10.6. The van der Waals surface area contributed by atoms with Crippen molar-refractivity contribution in [2.24, 2.45) is 0 Å². The van der Waals surface area contributed by atoms with Crippen LogP contribution in [0.15, 0.2) is 67.1 Å². The number of carbonyl (C=O) groups is 1. The van der Waals surface area contributed by atoms with E-state index in [9.17, 15) is 49.4 Å². The first-order chi connectivity index (χ1) is 22.9. The molecule has 2 aromatic heterocycles. The SMILES string of the molecule is Cc1ccnc(-c2ccc(C(F)(F)F)cc2CN(CCCc2cc(C(F)(F)F)cc(C(F)(F)F)c2)c2ncc(OCCCC(=O)[O-])cn2)c1. The zero-order valence-electron chi connectivity index (χ0n) is 25.7. The van der Waals surface area contributed by atoms with Gasteiger partial charge in [0.15, 0.2) is 5.75 Å². The van der Waals surface area contributed by atoms with Crippen LogP contribution in [0.4, 0.5) is 45.5 Å². The van der Waals surface area contributed by atoms with Crippen molar-refractivity contribution in [2.45, 2.75) is 57.7 Å². The third-order valence-corrected chi connectivity index (χ3v) is 7.22. The van der Waals surface area contributed by atoms with Crippen molar-refractivity contribution >= 4 is 11.9 Å². The number of halogens is 9. The molecule has 0 saturated heterocycles. The molecule has 0 unspecified atom stereocenters. The van der Waals surface area contributed by atoms with Crippen molar-refractivity contribution in [1.29, 1.82) is 0 Å². The second kappa shape index (κ2) is 15.1. The minimum atomic E-state index is -5.03. The summed E-state index contributed by atoms with van der Waals surface area (Å²) in [6, 6.07) is 7.75. The van der Waals surface area contributed by atoms with E-state index in [-0.39, 0.29) is 74.3 Å². The van der Waals surface area contributed by atoms with Crippen LogP contribution in [0.25, 0.3) is 11.3 Å². The van der Waals surface area contributed by atoms with Gasteiger partial charge in [-0.2, -0.15) is 39.5 Å². The summed E-state index contributed by atoms with van der Waals surface area (Å²) in [5.74, 6) is -1.14. The normalized spacial score (nSPS) is 12.2. The minimum Gasteiger partial charge on any atom is -0.550 e. The summed E-state index contributed by atoms with van der Waals surface area (Å²) < 4.78 is 127. The van der Waals surface area contributed by atoms with E-state index in [0.29, 0.717) is 23.4 Å². The number of benzene rings is 2. The number of nitrogens with zero attached hydrogens (tertiary/aromatic N) is 4. The molecular formula is C33H28F9N4O3-. The molecule has 0 N–H and O–H groups in total. The molecule has 2 aromatic carbocycles. The van der Waals surface area contributed by atoms with Crippen LogP contribution in [0.2, 0.25) is 0 Å². The number of anilines is 1. The van der Waals surface area contributed by atoms with E-state index in [1.165, 1.54) is 29.6 Å². The van der Waals surface area contributed by atoms with Crippen molar-refractivity contribution in [3.8, 4) is 17.0 Å². The lowest BCUT2D eigenvalue weighted by Crippen LogP contribution is -2.27. The minimum absolute atomic E-state index is 0.00556. The number of carboxylic acid groups (broad SMARTS) is 1. The molecule has 4 rings (SSSR count). The summed E-state index contributed by atoms with van der Waals surface area (Å²) in [6.45, 7) is 1.42. The Morgan fingerprint density at radius 2 is 1.43 bits per heavy atom. The first kappa shape index (κ1) is 36.9. The highest BCUT2D eigenvalue weighted by Crippen LogP contribution is 2.37. The van der Waals surface area contributed by atoms with Gasteiger partial charge in [-0.3, -0.25) is 4.98 Å². The smallest absolute Gasteiger partial charge is 0.416 e. The highest BCUT2D eigenvalue weighted by Gasteiger charge is 2.37. The molecule has 16 heteroatoms. The lowest BCUT2D eigenvalue weighted by molar-refractivity contribution is -0.305. The van der Waals surface area contributed by atoms with Crippen molar-refractivity contribution in [3.05, 3.63) is 101 Å². The maximum absolute atomic E-state index is 13.8. The average molecular weight is 700 g/mol. The Morgan fingerprint density at radius 1 is 0.796 bits per heavy atom. The molecule has 0 saturated carbocycles. The van der Waals surface area contributed by atoms with Crippen molar-refractivity contribution in [1.82, 2.24) is 15.0 Å². The fraction of sp³-hybridized carbons (Fsp3) is 0.333. The largest absolute Gasteiger partial charge is 0.550 e. The molecule has 4 aromatic rings. The summed E-state index contributed by atoms with van der Waals surface area (Å²) in [4.78, 5) is 24.8. The molecule has 0 amide bonds. The van der Waals surface area contributed by atoms with Gasteiger partial charge in [-0.15, -0.1) is 0 Å². The maximum Gasteiger partial charge on any atom is 0.416 e.